The fraction of sp³-hybridized carbons (Fsp3) is 0.571. The smallest absolute Gasteiger partial charge is 0.278 e. The van der Waals surface area contributed by atoms with Crippen LogP contribution in [0.1, 0.15) is 48.5 Å². The Bertz CT molecular complexity index is 340. The zero-order chi connectivity index (χ0) is 16.3. The molecule has 0 saturated carbocycles. The third-order valence-corrected chi connectivity index (χ3v) is 4.94. The molecule has 3 N–H and O–H groups in total. The Balaban J connectivity index is 4.89. The van der Waals surface area contributed by atoms with E-state index in [0.717, 1.165) is 17.1 Å². The number of nitrogens with one attached hydrogen (secondary N) is 3. The van der Waals surface area contributed by atoms with Crippen molar-refractivity contribution in [3.05, 3.63) is 35.3 Å². The van der Waals surface area contributed by atoms with Crippen molar-refractivity contribution in [3.63, 3.8) is 0 Å². The van der Waals surface area contributed by atoms with Crippen LogP contribution < -0.4 is 16.4 Å². The summed E-state index contributed by atoms with van der Waals surface area (Å²) in [6.45, 7) is 13.4. The second-order valence-electron chi connectivity index (χ2n) is 4.56. The lowest BCUT2D eigenvalue weighted by Gasteiger charge is -2.28. The van der Waals surface area contributed by atoms with Crippen LogP contribution in [0.2, 0.25) is 6.04 Å². The van der Waals surface area contributed by atoms with Gasteiger partial charge in [-0.15, -0.1) is 0 Å². The molecule has 0 atom stereocenters. The van der Waals surface area contributed by atoms with Crippen molar-refractivity contribution in [3.8, 4) is 0 Å². The van der Waals surface area contributed by atoms with Gasteiger partial charge in [0.15, 0.2) is 0 Å². The summed E-state index contributed by atoms with van der Waals surface area (Å²) in [7, 11) is -2.96. The van der Waals surface area contributed by atoms with E-state index in [1.54, 1.807) is 0 Å². The summed E-state index contributed by atoms with van der Waals surface area (Å²) < 4.78 is 17.2. The predicted molar refractivity (Wildman–Crippen MR) is 87.2 cm³/mol. The summed E-state index contributed by atoms with van der Waals surface area (Å²) in [5.74, 6) is 0. The van der Waals surface area contributed by atoms with Gasteiger partial charge in [0.1, 0.15) is 0 Å². The first-order valence-corrected chi connectivity index (χ1v) is 9.07. The minimum absolute atomic E-state index is 0.588. The van der Waals surface area contributed by atoms with Crippen LogP contribution in [0.25, 0.3) is 0 Å². The van der Waals surface area contributed by atoms with E-state index in [1.807, 2.05) is 66.7 Å². The van der Waals surface area contributed by atoms with Crippen molar-refractivity contribution in [2.45, 2.75) is 54.5 Å². The molecule has 0 aromatic carbocycles. The number of hydrogen-bond acceptors (Lipinski definition) is 6. The van der Waals surface area contributed by atoms with E-state index in [4.69, 9.17) is 13.6 Å². The Morgan fingerprint density at radius 2 is 1.05 bits per heavy atom. The average molecular weight is 315 g/mol. The van der Waals surface area contributed by atoms with Crippen LogP contribution >= 0.6 is 0 Å². The van der Waals surface area contributed by atoms with Gasteiger partial charge in [-0.3, -0.25) is 30.0 Å². The molecule has 0 aliphatic carbocycles. The van der Waals surface area contributed by atoms with E-state index in [2.05, 4.69) is 16.4 Å². The van der Waals surface area contributed by atoms with Gasteiger partial charge in [-0.1, -0.05) is 25.2 Å². The third-order valence-electron chi connectivity index (χ3n) is 2.83. The lowest BCUT2D eigenvalue weighted by molar-refractivity contribution is -0.0155. The van der Waals surface area contributed by atoms with Gasteiger partial charge in [-0.25, -0.2) is 0 Å². The normalized spacial score (nSPS) is 16.4. The standard InChI is InChI=1S/C14H29N3O3Si/c1-8-12(5)15-18-21(11-4,19-16-13(6)9-2)20-17-14(7)10-3/h8-10,15-17H,11H2,1-7H3. The zero-order valence-electron chi connectivity index (χ0n) is 14.2. The van der Waals surface area contributed by atoms with Gasteiger partial charge in [0.2, 0.25) is 0 Å². The summed E-state index contributed by atoms with van der Waals surface area (Å²) in [5.41, 5.74) is 11.2. The first-order chi connectivity index (χ1) is 9.92. The minimum atomic E-state index is -2.96. The summed E-state index contributed by atoms with van der Waals surface area (Å²) in [6.07, 6.45) is 5.72. The molecular formula is C14H29N3O3Si. The van der Waals surface area contributed by atoms with Gasteiger partial charge in [0, 0.05) is 23.1 Å². The molecule has 6 nitrogen and oxygen atoms in total. The van der Waals surface area contributed by atoms with Crippen LogP contribution in [0.3, 0.4) is 0 Å². The molecular weight excluding hydrogens is 286 g/mol. The Kier molecular flexibility index (Phi) is 9.81. The van der Waals surface area contributed by atoms with Crippen molar-refractivity contribution in [1.29, 1.82) is 0 Å². The fourth-order valence-electron chi connectivity index (χ4n) is 0.931. The van der Waals surface area contributed by atoms with Gasteiger partial charge in [0.05, 0.1) is 0 Å². The lowest BCUT2D eigenvalue weighted by Crippen LogP contribution is -2.54. The highest BCUT2D eigenvalue weighted by molar-refractivity contribution is 6.60. The minimum Gasteiger partial charge on any atom is -0.278 e. The summed E-state index contributed by atoms with van der Waals surface area (Å²) >= 11 is 0. The first kappa shape index (κ1) is 19.7. The molecule has 0 heterocycles. The van der Waals surface area contributed by atoms with E-state index < -0.39 is 8.80 Å². The lowest BCUT2D eigenvalue weighted by atomic mass is 10.5. The van der Waals surface area contributed by atoms with Crippen LogP contribution in [0.5, 0.6) is 0 Å². The molecule has 0 rings (SSSR count). The Morgan fingerprint density at radius 1 is 0.762 bits per heavy atom. The van der Waals surface area contributed by atoms with Crippen LogP contribution in [0.15, 0.2) is 35.3 Å². The molecule has 0 spiro atoms. The second-order valence-corrected chi connectivity index (χ2v) is 7.25. The third kappa shape index (κ3) is 7.91. The van der Waals surface area contributed by atoms with Crippen molar-refractivity contribution >= 4 is 8.80 Å². The van der Waals surface area contributed by atoms with Crippen molar-refractivity contribution < 1.29 is 13.6 Å². The van der Waals surface area contributed by atoms with Crippen LogP contribution in [0.4, 0.5) is 0 Å². The summed E-state index contributed by atoms with van der Waals surface area (Å²) in [4.78, 5) is 0. The van der Waals surface area contributed by atoms with Crippen molar-refractivity contribution in [1.82, 2.24) is 16.4 Å². The maximum atomic E-state index is 5.72. The van der Waals surface area contributed by atoms with E-state index in [1.165, 1.54) is 0 Å². The highest BCUT2D eigenvalue weighted by Gasteiger charge is 2.43. The highest BCUT2D eigenvalue weighted by atomic mass is 28.4. The molecule has 0 aliphatic rings. The Hall–Kier alpha value is -1.28. The molecule has 21 heavy (non-hydrogen) atoms. The molecule has 0 radical (unpaired) electrons. The first-order valence-electron chi connectivity index (χ1n) is 7.13. The SMILES string of the molecule is CC=C(C)NO[Si](CC)(ONC(C)=CC)ONC(C)=CC. The maximum absolute atomic E-state index is 5.72. The number of hydrogen-bond donors (Lipinski definition) is 3. The maximum Gasteiger partial charge on any atom is 0.566 e. The van der Waals surface area contributed by atoms with Crippen LogP contribution in [0, 0.1) is 0 Å². The van der Waals surface area contributed by atoms with Gasteiger partial charge < -0.3 is 0 Å². The number of hydroxylamine groups is 3. The van der Waals surface area contributed by atoms with Crippen molar-refractivity contribution in [2.75, 3.05) is 0 Å². The Labute approximate surface area is 129 Å². The monoisotopic (exact) mass is 315 g/mol. The van der Waals surface area contributed by atoms with E-state index in [0.29, 0.717) is 6.04 Å². The molecule has 0 amide bonds. The molecule has 7 heteroatoms. The largest absolute Gasteiger partial charge is 0.566 e. The average Bonchev–Trinajstić information content (AvgIpc) is 2.53. The van der Waals surface area contributed by atoms with Crippen LogP contribution in [-0.4, -0.2) is 8.80 Å². The van der Waals surface area contributed by atoms with Crippen LogP contribution in [-0.2, 0) is 13.6 Å². The van der Waals surface area contributed by atoms with Gasteiger partial charge in [0.25, 0.3) is 0 Å². The molecule has 0 saturated heterocycles. The summed E-state index contributed by atoms with van der Waals surface area (Å²) in [6, 6.07) is 0.588. The number of allylic oxidation sites excluding steroid dienone is 6. The quantitative estimate of drug-likeness (QED) is 0.425. The second kappa shape index (κ2) is 10.4. The van der Waals surface area contributed by atoms with E-state index in [9.17, 15) is 0 Å². The Morgan fingerprint density at radius 3 is 1.24 bits per heavy atom. The molecule has 0 aromatic heterocycles. The topological polar surface area (TPSA) is 63.8 Å². The van der Waals surface area contributed by atoms with Crippen molar-refractivity contribution in [2.24, 2.45) is 0 Å². The van der Waals surface area contributed by atoms with E-state index in [-0.39, 0.29) is 0 Å². The fourth-order valence-corrected chi connectivity index (χ4v) is 2.44. The summed E-state index contributed by atoms with van der Waals surface area (Å²) in [5, 5.41) is 0. The van der Waals surface area contributed by atoms with E-state index >= 15 is 0 Å². The molecule has 0 aliphatic heterocycles. The van der Waals surface area contributed by atoms with Gasteiger partial charge >= 0.3 is 8.80 Å². The molecule has 0 unspecified atom stereocenters. The predicted octanol–water partition coefficient (Wildman–Crippen LogP) is 3.28. The van der Waals surface area contributed by atoms with Gasteiger partial charge in [-0.05, 0) is 41.5 Å². The molecule has 122 valence electrons. The highest BCUT2D eigenvalue weighted by Crippen LogP contribution is 2.13. The number of rotatable bonds is 10. The molecule has 0 aromatic rings. The molecule has 0 bridgehead atoms. The zero-order valence-corrected chi connectivity index (χ0v) is 15.2. The molecule has 0 fully saturated rings. The van der Waals surface area contributed by atoms with Gasteiger partial charge in [-0.2, -0.15) is 0 Å².